The summed E-state index contributed by atoms with van der Waals surface area (Å²) in [5, 5.41) is 3.60. The van der Waals surface area contributed by atoms with E-state index in [9.17, 15) is 0 Å². The number of hydrogen-bond donors (Lipinski definition) is 1. The molecule has 0 radical (unpaired) electrons. The first-order valence-electron chi connectivity index (χ1n) is 7.38. The summed E-state index contributed by atoms with van der Waals surface area (Å²) in [6, 6.07) is 6.80. The van der Waals surface area contributed by atoms with Crippen LogP contribution in [0.5, 0.6) is 11.5 Å². The number of fused-ring (bicyclic) bond motifs is 1. The third-order valence-electron chi connectivity index (χ3n) is 4.24. The number of hydrogen-bond acceptors (Lipinski definition) is 3. The van der Waals surface area contributed by atoms with Gasteiger partial charge in [-0.15, -0.1) is 0 Å². The molecule has 1 N–H and O–H groups in total. The van der Waals surface area contributed by atoms with Crippen LogP contribution in [-0.4, -0.2) is 19.3 Å². The van der Waals surface area contributed by atoms with Gasteiger partial charge in [-0.05, 0) is 36.8 Å². The van der Waals surface area contributed by atoms with Crippen LogP contribution in [0.1, 0.15) is 33.1 Å². The van der Waals surface area contributed by atoms with Crippen LogP contribution in [0.25, 0.3) is 0 Å². The molecule has 104 valence electrons. The molecule has 0 aromatic heterocycles. The minimum Gasteiger partial charge on any atom is -0.490 e. The number of nitrogens with one attached hydrogen (secondary N) is 1. The molecule has 3 rings (SSSR count). The highest BCUT2D eigenvalue weighted by Crippen LogP contribution is 2.37. The Balaban J connectivity index is 1.62. The summed E-state index contributed by atoms with van der Waals surface area (Å²) >= 11 is 0. The lowest BCUT2D eigenvalue weighted by Gasteiger charge is -2.39. The molecule has 2 aliphatic rings. The Bertz CT molecular complexity index is 438. The Hall–Kier alpha value is -1.38. The summed E-state index contributed by atoms with van der Waals surface area (Å²) in [5.41, 5.74) is 1.15. The molecule has 0 spiro atoms. The van der Waals surface area contributed by atoms with Gasteiger partial charge in [0.1, 0.15) is 0 Å². The smallest absolute Gasteiger partial charge is 0.163 e. The Morgan fingerprint density at radius 2 is 1.84 bits per heavy atom. The van der Waals surface area contributed by atoms with Gasteiger partial charge in [-0.25, -0.2) is 0 Å². The van der Waals surface area contributed by atoms with E-state index in [1.54, 1.807) is 0 Å². The summed E-state index contributed by atoms with van der Waals surface area (Å²) < 4.78 is 11.4. The zero-order valence-corrected chi connectivity index (χ0v) is 11.8. The maximum Gasteiger partial charge on any atom is 0.163 e. The second-order valence-corrected chi connectivity index (χ2v) is 6.03. The minimum absolute atomic E-state index is 0.622. The maximum atomic E-state index is 5.72. The van der Waals surface area contributed by atoms with Gasteiger partial charge in [0, 0.05) is 24.2 Å². The van der Waals surface area contributed by atoms with Crippen LogP contribution in [0.4, 0.5) is 5.69 Å². The monoisotopic (exact) mass is 261 g/mol. The van der Waals surface area contributed by atoms with Crippen molar-refractivity contribution in [1.29, 1.82) is 0 Å². The van der Waals surface area contributed by atoms with Crippen LogP contribution in [0.3, 0.4) is 0 Å². The van der Waals surface area contributed by atoms with E-state index in [1.807, 2.05) is 6.07 Å². The molecule has 19 heavy (non-hydrogen) atoms. The Morgan fingerprint density at radius 3 is 2.58 bits per heavy atom. The zero-order chi connectivity index (χ0) is 13.2. The van der Waals surface area contributed by atoms with Crippen LogP contribution in [-0.2, 0) is 0 Å². The van der Waals surface area contributed by atoms with Gasteiger partial charge in [-0.1, -0.05) is 13.8 Å². The van der Waals surface area contributed by atoms with E-state index in [4.69, 9.17) is 9.47 Å². The van der Waals surface area contributed by atoms with E-state index in [-0.39, 0.29) is 0 Å². The highest BCUT2D eigenvalue weighted by atomic mass is 16.5. The van der Waals surface area contributed by atoms with E-state index in [2.05, 4.69) is 31.3 Å². The first kappa shape index (κ1) is 12.6. The normalized spacial score (nSPS) is 25.6. The largest absolute Gasteiger partial charge is 0.490 e. The molecule has 0 atom stereocenters. The third kappa shape index (κ3) is 2.80. The summed E-state index contributed by atoms with van der Waals surface area (Å²) in [4.78, 5) is 0. The predicted octanol–water partition coefficient (Wildman–Crippen LogP) is 3.69. The molecule has 1 aromatic carbocycles. The standard InChI is InChI=1S/C16H23NO2/c1-11(2)12-8-14(9-12)17-13-4-5-15-16(10-13)19-7-3-6-18-15/h4-5,10-12,14,17H,3,6-9H2,1-2H3. The minimum atomic E-state index is 0.622. The molecular weight excluding hydrogens is 238 g/mol. The van der Waals surface area contributed by atoms with Crippen molar-refractivity contribution >= 4 is 5.69 Å². The van der Waals surface area contributed by atoms with Crippen molar-refractivity contribution in [2.24, 2.45) is 11.8 Å². The second kappa shape index (κ2) is 5.32. The van der Waals surface area contributed by atoms with Gasteiger partial charge in [0.2, 0.25) is 0 Å². The lowest BCUT2D eigenvalue weighted by Crippen LogP contribution is -2.37. The van der Waals surface area contributed by atoms with E-state index < -0.39 is 0 Å². The van der Waals surface area contributed by atoms with Gasteiger partial charge in [0.05, 0.1) is 13.2 Å². The summed E-state index contributed by atoms with van der Waals surface area (Å²) in [7, 11) is 0. The molecule has 1 saturated carbocycles. The van der Waals surface area contributed by atoms with Crippen LogP contribution in [0.2, 0.25) is 0 Å². The van der Waals surface area contributed by atoms with Gasteiger partial charge >= 0.3 is 0 Å². The molecule has 0 amide bonds. The Kier molecular flexibility index (Phi) is 3.54. The van der Waals surface area contributed by atoms with E-state index >= 15 is 0 Å². The number of rotatable bonds is 3. The SMILES string of the molecule is CC(C)C1CC(Nc2ccc3c(c2)OCCCO3)C1. The molecule has 0 saturated heterocycles. The summed E-state index contributed by atoms with van der Waals surface area (Å²) in [5.74, 6) is 3.44. The quantitative estimate of drug-likeness (QED) is 0.900. The summed E-state index contributed by atoms with van der Waals surface area (Å²) in [6.45, 7) is 6.12. The van der Waals surface area contributed by atoms with Crippen LogP contribution < -0.4 is 14.8 Å². The van der Waals surface area contributed by atoms with Gasteiger partial charge in [-0.3, -0.25) is 0 Å². The Labute approximate surface area is 115 Å². The van der Waals surface area contributed by atoms with Crippen molar-refractivity contribution < 1.29 is 9.47 Å². The van der Waals surface area contributed by atoms with Gasteiger partial charge in [-0.2, -0.15) is 0 Å². The molecular formula is C16H23NO2. The van der Waals surface area contributed by atoms with Gasteiger partial charge in [0.15, 0.2) is 11.5 Å². The average molecular weight is 261 g/mol. The fourth-order valence-corrected chi connectivity index (χ4v) is 2.81. The third-order valence-corrected chi connectivity index (χ3v) is 4.24. The van der Waals surface area contributed by atoms with Crippen LogP contribution in [0, 0.1) is 11.8 Å². The average Bonchev–Trinajstić information content (AvgIpc) is 2.57. The fourth-order valence-electron chi connectivity index (χ4n) is 2.81. The number of ether oxygens (including phenoxy) is 2. The zero-order valence-electron chi connectivity index (χ0n) is 11.8. The van der Waals surface area contributed by atoms with Gasteiger partial charge in [0.25, 0.3) is 0 Å². The van der Waals surface area contributed by atoms with Crippen LogP contribution >= 0.6 is 0 Å². The molecule has 0 bridgehead atoms. The fraction of sp³-hybridized carbons (Fsp3) is 0.625. The van der Waals surface area contributed by atoms with Crippen molar-refractivity contribution in [3.8, 4) is 11.5 Å². The lowest BCUT2D eigenvalue weighted by molar-refractivity contribution is 0.212. The number of anilines is 1. The molecule has 0 unspecified atom stereocenters. The molecule has 1 aliphatic heterocycles. The summed E-state index contributed by atoms with van der Waals surface area (Å²) in [6.07, 6.45) is 3.52. The highest BCUT2D eigenvalue weighted by molar-refractivity contribution is 5.55. The first-order chi connectivity index (χ1) is 9.22. The second-order valence-electron chi connectivity index (χ2n) is 6.03. The van der Waals surface area contributed by atoms with E-state index in [0.29, 0.717) is 6.04 Å². The lowest BCUT2D eigenvalue weighted by atomic mass is 9.73. The van der Waals surface area contributed by atoms with E-state index in [0.717, 1.165) is 48.7 Å². The molecule has 1 aromatic rings. The molecule has 3 nitrogen and oxygen atoms in total. The molecule has 1 aliphatic carbocycles. The van der Waals surface area contributed by atoms with Crippen molar-refractivity contribution in [2.45, 2.75) is 39.2 Å². The maximum absolute atomic E-state index is 5.72. The molecule has 3 heteroatoms. The topological polar surface area (TPSA) is 30.5 Å². The van der Waals surface area contributed by atoms with Crippen LogP contribution in [0.15, 0.2) is 18.2 Å². The van der Waals surface area contributed by atoms with Gasteiger partial charge < -0.3 is 14.8 Å². The van der Waals surface area contributed by atoms with E-state index in [1.165, 1.54) is 12.8 Å². The first-order valence-corrected chi connectivity index (χ1v) is 7.38. The Morgan fingerprint density at radius 1 is 1.11 bits per heavy atom. The predicted molar refractivity (Wildman–Crippen MR) is 77.0 cm³/mol. The highest BCUT2D eigenvalue weighted by Gasteiger charge is 2.31. The van der Waals surface area contributed by atoms with Crippen molar-refractivity contribution in [3.63, 3.8) is 0 Å². The van der Waals surface area contributed by atoms with Crippen molar-refractivity contribution in [1.82, 2.24) is 0 Å². The van der Waals surface area contributed by atoms with Crippen molar-refractivity contribution in [2.75, 3.05) is 18.5 Å². The number of benzene rings is 1. The molecule has 1 heterocycles. The molecule has 1 fully saturated rings. The van der Waals surface area contributed by atoms with Crippen molar-refractivity contribution in [3.05, 3.63) is 18.2 Å².